The van der Waals surface area contributed by atoms with Crippen LogP contribution in [-0.4, -0.2) is 0 Å². The Labute approximate surface area is 107 Å². The molecule has 0 aliphatic rings. The van der Waals surface area contributed by atoms with Crippen LogP contribution in [0, 0.1) is 5.92 Å². The third-order valence-corrected chi connectivity index (χ3v) is 3.15. The smallest absolute Gasteiger partial charge is 0.134 e. The largest absolute Gasteiger partial charge is 0.459 e. The van der Waals surface area contributed by atoms with Crippen LogP contribution in [0.25, 0.3) is 11.0 Å². The van der Waals surface area contributed by atoms with E-state index in [0.717, 1.165) is 34.6 Å². The van der Waals surface area contributed by atoms with E-state index in [0.29, 0.717) is 5.92 Å². The minimum absolute atomic E-state index is 0.0245. The Hall–Kier alpha value is -0.990. The van der Waals surface area contributed by atoms with E-state index in [1.54, 1.807) is 0 Å². The number of nitrogens with two attached hydrogens (primary N) is 1. The van der Waals surface area contributed by atoms with Gasteiger partial charge in [0.15, 0.2) is 0 Å². The van der Waals surface area contributed by atoms with Crippen molar-refractivity contribution in [1.82, 2.24) is 0 Å². The predicted octanol–water partition coefficient (Wildman–Crippen LogP) is 4.52. The molecule has 2 N–H and O–H groups in total. The summed E-state index contributed by atoms with van der Waals surface area (Å²) < 4.78 is 5.73. The molecule has 0 aliphatic carbocycles. The minimum atomic E-state index is -0.0245. The Morgan fingerprint density at radius 1 is 1.24 bits per heavy atom. The van der Waals surface area contributed by atoms with Crippen molar-refractivity contribution in [3.8, 4) is 0 Å². The van der Waals surface area contributed by atoms with Crippen LogP contribution in [0.2, 0.25) is 5.02 Å². The highest BCUT2D eigenvalue weighted by molar-refractivity contribution is 6.31. The predicted molar refractivity (Wildman–Crippen MR) is 72.2 cm³/mol. The first-order valence-corrected chi connectivity index (χ1v) is 6.38. The van der Waals surface area contributed by atoms with Gasteiger partial charge in [0.25, 0.3) is 0 Å². The van der Waals surface area contributed by atoms with E-state index in [1.165, 1.54) is 0 Å². The summed E-state index contributed by atoms with van der Waals surface area (Å²) in [7, 11) is 0. The molecule has 17 heavy (non-hydrogen) atoms. The lowest BCUT2D eigenvalue weighted by atomic mass is 10.0. The maximum absolute atomic E-state index is 6.12. The summed E-state index contributed by atoms with van der Waals surface area (Å²) in [5.41, 5.74) is 6.97. The minimum Gasteiger partial charge on any atom is -0.459 e. The average Bonchev–Trinajstić information content (AvgIpc) is 2.68. The zero-order valence-corrected chi connectivity index (χ0v) is 11.0. The molecule has 0 saturated heterocycles. The molecule has 2 nitrogen and oxygen atoms in total. The van der Waals surface area contributed by atoms with Crippen molar-refractivity contribution in [3.05, 3.63) is 35.0 Å². The van der Waals surface area contributed by atoms with Gasteiger partial charge in [0.05, 0.1) is 6.04 Å². The lowest BCUT2D eigenvalue weighted by Crippen LogP contribution is -2.10. The second-order valence-electron chi connectivity index (χ2n) is 4.91. The van der Waals surface area contributed by atoms with Crippen LogP contribution in [0.4, 0.5) is 0 Å². The lowest BCUT2D eigenvalue weighted by Gasteiger charge is -2.09. The number of halogens is 1. The first-order valence-electron chi connectivity index (χ1n) is 6.01. The average molecular weight is 252 g/mol. The van der Waals surface area contributed by atoms with Gasteiger partial charge in [-0.25, -0.2) is 0 Å². The fourth-order valence-corrected chi connectivity index (χ4v) is 2.05. The van der Waals surface area contributed by atoms with Gasteiger partial charge in [-0.05, 0) is 43.0 Å². The summed E-state index contributed by atoms with van der Waals surface area (Å²) in [5.74, 6) is 1.52. The summed E-state index contributed by atoms with van der Waals surface area (Å²) in [4.78, 5) is 0. The Morgan fingerprint density at radius 2 is 2.00 bits per heavy atom. The number of rotatable bonds is 4. The molecule has 0 saturated carbocycles. The molecule has 3 heteroatoms. The van der Waals surface area contributed by atoms with Gasteiger partial charge in [-0.15, -0.1) is 0 Å². The SMILES string of the molecule is CC(C)CCC(N)c1cc2cc(Cl)ccc2o1. The fraction of sp³-hybridized carbons (Fsp3) is 0.429. The molecule has 1 unspecified atom stereocenters. The molecular formula is C14H18ClNO. The molecule has 0 radical (unpaired) electrons. The topological polar surface area (TPSA) is 39.2 Å². The lowest BCUT2D eigenvalue weighted by molar-refractivity contribution is 0.440. The molecule has 0 amide bonds. The molecule has 0 aliphatic heterocycles. The molecular weight excluding hydrogens is 234 g/mol. The molecule has 92 valence electrons. The molecule has 0 fully saturated rings. The normalized spacial score (nSPS) is 13.5. The summed E-state index contributed by atoms with van der Waals surface area (Å²) in [6.45, 7) is 4.40. The molecule has 2 rings (SSSR count). The summed E-state index contributed by atoms with van der Waals surface area (Å²) in [6, 6.07) is 7.59. The summed E-state index contributed by atoms with van der Waals surface area (Å²) >= 11 is 5.94. The van der Waals surface area contributed by atoms with Crippen LogP contribution >= 0.6 is 11.6 Å². The number of fused-ring (bicyclic) bond motifs is 1. The standard InChI is InChI=1S/C14H18ClNO/c1-9(2)3-5-12(16)14-8-10-7-11(15)4-6-13(10)17-14/h4,6-9,12H,3,5,16H2,1-2H3. The van der Waals surface area contributed by atoms with E-state index in [9.17, 15) is 0 Å². The molecule has 1 aromatic heterocycles. The van der Waals surface area contributed by atoms with E-state index in [1.807, 2.05) is 24.3 Å². The van der Waals surface area contributed by atoms with Crippen LogP contribution in [0.3, 0.4) is 0 Å². The van der Waals surface area contributed by atoms with Gasteiger partial charge in [0, 0.05) is 10.4 Å². The second kappa shape index (κ2) is 5.11. The van der Waals surface area contributed by atoms with E-state index < -0.39 is 0 Å². The van der Waals surface area contributed by atoms with E-state index in [4.69, 9.17) is 21.8 Å². The van der Waals surface area contributed by atoms with Crippen molar-refractivity contribution in [2.24, 2.45) is 11.7 Å². The zero-order chi connectivity index (χ0) is 12.4. The van der Waals surface area contributed by atoms with E-state index in [2.05, 4.69) is 13.8 Å². The molecule has 0 bridgehead atoms. The summed E-state index contributed by atoms with van der Waals surface area (Å²) in [6.07, 6.45) is 2.06. The Morgan fingerprint density at radius 3 is 2.71 bits per heavy atom. The van der Waals surface area contributed by atoms with Gasteiger partial charge < -0.3 is 10.2 Å². The highest BCUT2D eigenvalue weighted by Gasteiger charge is 2.12. The quantitative estimate of drug-likeness (QED) is 0.868. The van der Waals surface area contributed by atoms with Gasteiger partial charge in [-0.2, -0.15) is 0 Å². The van der Waals surface area contributed by atoms with Crippen LogP contribution in [-0.2, 0) is 0 Å². The Bertz CT molecular complexity index is 504. The highest BCUT2D eigenvalue weighted by Crippen LogP contribution is 2.27. The maximum Gasteiger partial charge on any atom is 0.134 e. The first-order chi connectivity index (χ1) is 8.06. The van der Waals surface area contributed by atoms with Crippen molar-refractivity contribution < 1.29 is 4.42 Å². The third-order valence-electron chi connectivity index (χ3n) is 2.92. The number of furan rings is 1. The van der Waals surface area contributed by atoms with Crippen molar-refractivity contribution in [1.29, 1.82) is 0 Å². The molecule has 0 spiro atoms. The highest BCUT2D eigenvalue weighted by atomic mass is 35.5. The third kappa shape index (κ3) is 3.02. The second-order valence-corrected chi connectivity index (χ2v) is 5.35. The monoisotopic (exact) mass is 251 g/mol. The molecule has 1 aromatic carbocycles. The Balaban J connectivity index is 2.18. The van der Waals surface area contributed by atoms with Crippen molar-refractivity contribution >= 4 is 22.6 Å². The fourth-order valence-electron chi connectivity index (χ4n) is 1.87. The van der Waals surface area contributed by atoms with Crippen molar-refractivity contribution in [3.63, 3.8) is 0 Å². The maximum atomic E-state index is 6.12. The first kappa shape index (κ1) is 12.5. The Kier molecular flexibility index (Phi) is 3.75. The number of hydrogen-bond acceptors (Lipinski definition) is 2. The van der Waals surface area contributed by atoms with Crippen LogP contribution in [0.5, 0.6) is 0 Å². The van der Waals surface area contributed by atoms with Gasteiger partial charge in [0.2, 0.25) is 0 Å². The van der Waals surface area contributed by atoms with Crippen molar-refractivity contribution in [2.45, 2.75) is 32.7 Å². The van der Waals surface area contributed by atoms with Gasteiger partial charge >= 0.3 is 0 Å². The van der Waals surface area contributed by atoms with Crippen LogP contribution in [0.15, 0.2) is 28.7 Å². The van der Waals surface area contributed by atoms with Crippen LogP contribution in [0.1, 0.15) is 38.5 Å². The zero-order valence-electron chi connectivity index (χ0n) is 10.2. The molecule has 1 atom stereocenters. The number of hydrogen-bond donors (Lipinski definition) is 1. The van der Waals surface area contributed by atoms with Gasteiger partial charge in [0.1, 0.15) is 11.3 Å². The number of benzene rings is 1. The molecule has 1 heterocycles. The van der Waals surface area contributed by atoms with Crippen molar-refractivity contribution in [2.75, 3.05) is 0 Å². The van der Waals surface area contributed by atoms with E-state index in [-0.39, 0.29) is 6.04 Å². The van der Waals surface area contributed by atoms with Gasteiger partial charge in [-0.3, -0.25) is 0 Å². The van der Waals surface area contributed by atoms with E-state index >= 15 is 0 Å². The van der Waals surface area contributed by atoms with Crippen LogP contribution < -0.4 is 5.73 Å². The molecule has 2 aromatic rings. The van der Waals surface area contributed by atoms with Gasteiger partial charge in [-0.1, -0.05) is 25.4 Å². The summed E-state index contributed by atoms with van der Waals surface area (Å²) in [5, 5.41) is 1.74.